The molecule has 3 saturated heterocycles. The van der Waals surface area contributed by atoms with Crippen LogP contribution in [0.4, 0.5) is 11.8 Å². The van der Waals surface area contributed by atoms with E-state index in [1.54, 1.807) is 0 Å². The molecule has 0 spiro atoms. The zero-order chi connectivity index (χ0) is 20.3. The van der Waals surface area contributed by atoms with Crippen LogP contribution in [0.5, 0.6) is 0 Å². The standard InChI is InChI=1S/C23H36N6O/c30-22(18-5-6-18)28-15-9-20(10-16-28)29-14-8-19(17-29)25-23-24-11-7-21(26-23)27-12-3-1-2-4-13-27/h7,11,18-20H,1-6,8-10,12-17H2,(H,24,25,26). The first kappa shape index (κ1) is 20.0. The van der Waals surface area contributed by atoms with Crippen LogP contribution in [-0.4, -0.2) is 77.0 Å². The van der Waals surface area contributed by atoms with E-state index in [4.69, 9.17) is 4.98 Å². The Labute approximate surface area is 180 Å². The Morgan fingerprint density at radius 1 is 0.933 bits per heavy atom. The van der Waals surface area contributed by atoms with E-state index in [0.29, 0.717) is 23.9 Å². The highest BCUT2D eigenvalue weighted by Gasteiger charge is 2.37. The third kappa shape index (κ3) is 4.71. The summed E-state index contributed by atoms with van der Waals surface area (Å²) in [6.45, 7) is 6.28. The van der Waals surface area contributed by atoms with Gasteiger partial charge in [0.25, 0.3) is 0 Å². The highest BCUT2D eigenvalue weighted by atomic mass is 16.2. The van der Waals surface area contributed by atoms with Crippen LogP contribution in [0.1, 0.15) is 57.8 Å². The molecule has 1 saturated carbocycles. The monoisotopic (exact) mass is 412 g/mol. The molecule has 4 fully saturated rings. The van der Waals surface area contributed by atoms with Crippen molar-refractivity contribution in [3.8, 4) is 0 Å². The zero-order valence-electron chi connectivity index (χ0n) is 18.1. The van der Waals surface area contributed by atoms with E-state index in [2.05, 4.69) is 25.0 Å². The van der Waals surface area contributed by atoms with E-state index in [9.17, 15) is 4.79 Å². The van der Waals surface area contributed by atoms with Gasteiger partial charge in [-0.3, -0.25) is 9.69 Å². The number of aromatic nitrogens is 2. The molecule has 5 rings (SSSR count). The molecule has 1 aliphatic carbocycles. The summed E-state index contributed by atoms with van der Waals surface area (Å²) in [6, 6.07) is 3.08. The Bertz CT molecular complexity index is 722. The molecule has 1 aromatic rings. The molecular formula is C23H36N6O. The largest absolute Gasteiger partial charge is 0.356 e. The van der Waals surface area contributed by atoms with Crippen molar-refractivity contribution < 1.29 is 4.79 Å². The minimum Gasteiger partial charge on any atom is -0.356 e. The Balaban J connectivity index is 1.11. The lowest BCUT2D eigenvalue weighted by molar-refractivity contribution is -0.134. The van der Waals surface area contributed by atoms with Crippen molar-refractivity contribution in [2.75, 3.05) is 49.5 Å². The van der Waals surface area contributed by atoms with Crippen molar-refractivity contribution in [1.29, 1.82) is 0 Å². The molecule has 30 heavy (non-hydrogen) atoms. The lowest BCUT2D eigenvalue weighted by Gasteiger charge is -2.37. The van der Waals surface area contributed by atoms with Crippen LogP contribution in [0.15, 0.2) is 12.3 Å². The fraction of sp³-hybridized carbons (Fsp3) is 0.783. The van der Waals surface area contributed by atoms with Gasteiger partial charge in [-0.15, -0.1) is 0 Å². The summed E-state index contributed by atoms with van der Waals surface area (Å²) >= 11 is 0. The van der Waals surface area contributed by atoms with Gasteiger partial charge in [0, 0.05) is 63.5 Å². The first-order chi connectivity index (χ1) is 14.8. The molecule has 3 aliphatic heterocycles. The summed E-state index contributed by atoms with van der Waals surface area (Å²) in [5, 5.41) is 3.60. The summed E-state index contributed by atoms with van der Waals surface area (Å²) in [4.78, 5) is 28.8. The third-order valence-electron chi connectivity index (χ3n) is 7.34. The van der Waals surface area contributed by atoms with Gasteiger partial charge in [0.1, 0.15) is 5.82 Å². The molecule has 1 atom stereocenters. The molecule has 164 valence electrons. The second kappa shape index (κ2) is 9.08. The molecule has 4 aliphatic rings. The van der Waals surface area contributed by atoms with Gasteiger partial charge in [0.05, 0.1) is 0 Å². The number of anilines is 2. The van der Waals surface area contributed by atoms with E-state index >= 15 is 0 Å². The summed E-state index contributed by atoms with van der Waals surface area (Å²) in [6.07, 6.45) is 12.7. The molecule has 0 aromatic carbocycles. The normalized spacial score (nSPS) is 26.6. The maximum Gasteiger partial charge on any atom is 0.225 e. The molecule has 1 N–H and O–H groups in total. The van der Waals surface area contributed by atoms with Gasteiger partial charge in [-0.25, -0.2) is 4.98 Å². The lowest BCUT2D eigenvalue weighted by Crippen LogP contribution is -2.47. The minimum atomic E-state index is 0.354. The van der Waals surface area contributed by atoms with Gasteiger partial charge < -0.3 is 15.1 Å². The average molecular weight is 413 g/mol. The van der Waals surface area contributed by atoms with E-state index in [1.807, 2.05) is 12.3 Å². The van der Waals surface area contributed by atoms with Crippen molar-refractivity contribution in [2.24, 2.45) is 5.92 Å². The van der Waals surface area contributed by atoms with E-state index in [0.717, 1.165) is 83.1 Å². The van der Waals surface area contributed by atoms with Gasteiger partial charge in [-0.2, -0.15) is 4.98 Å². The van der Waals surface area contributed by atoms with Crippen LogP contribution in [0.25, 0.3) is 0 Å². The second-order valence-corrected chi connectivity index (χ2v) is 9.60. The zero-order valence-corrected chi connectivity index (χ0v) is 18.1. The summed E-state index contributed by atoms with van der Waals surface area (Å²) in [5.74, 6) is 2.60. The van der Waals surface area contributed by atoms with Crippen molar-refractivity contribution in [3.63, 3.8) is 0 Å². The van der Waals surface area contributed by atoms with Crippen molar-refractivity contribution in [1.82, 2.24) is 19.8 Å². The number of amides is 1. The number of piperidine rings is 1. The lowest BCUT2D eigenvalue weighted by atomic mass is 10.0. The van der Waals surface area contributed by atoms with Crippen LogP contribution in [-0.2, 0) is 4.79 Å². The number of carbonyl (C=O) groups excluding carboxylic acids is 1. The fourth-order valence-electron chi connectivity index (χ4n) is 5.35. The number of rotatable bonds is 5. The topological polar surface area (TPSA) is 64.6 Å². The number of likely N-dealkylation sites (tertiary alicyclic amines) is 2. The Kier molecular flexibility index (Phi) is 6.07. The third-order valence-corrected chi connectivity index (χ3v) is 7.34. The molecule has 7 nitrogen and oxygen atoms in total. The summed E-state index contributed by atoms with van der Waals surface area (Å²) in [5.41, 5.74) is 0. The predicted molar refractivity (Wildman–Crippen MR) is 119 cm³/mol. The number of hydrogen-bond donors (Lipinski definition) is 1. The van der Waals surface area contributed by atoms with E-state index in [-0.39, 0.29) is 0 Å². The second-order valence-electron chi connectivity index (χ2n) is 9.60. The Morgan fingerprint density at radius 3 is 2.43 bits per heavy atom. The van der Waals surface area contributed by atoms with Crippen LogP contribution in [0, 0.1) is 5.92 Å². The van der Waals surface area contributed by atoms with Crippen LogP contribution >= 0.6 is 0 Å². The average Bonchev–Trinajstić information content (AvgIpc) is 3.58. The van der Waals surface area contributed by atoms with Gasteiger partial charge >= 0.3 is 0 Å². The van der Waals surface area contributed by atoms with Crippen LogP contribution in [0.3, 0.4) is 0 Å². The molecule has 4 heterocycles. The van der Waals surface area contributed by atoms with Crippen LogP contribution < -0.4 is 10.2 Å². The highest BCUT2D eigenvalue weighted by Crippen LogP contribution is 2.32. The fourth-order valence-corrected chi connectivity index (χ4v) is 5.35. The van der Waals surface area contributed by atoms with Crippen molar-refractivity contribution in [2.45, 2.75) is 69.9 Å². The number of hydrogen-bond acceptors (Lipinski definition) is 6. The van der Waals surface area contributed by atoms with E-state index in [1.165, 1.54) is 25.7 Å². The van der Waals surface area contributed by atoms with Crippen molar-refractivity contribution in [3.05, 3.63) is 12.3 Å². The minimum absolute atomic E-state index is 0.354. The first-order valence-corrected chi connectivity index (χ1v) is 12.1. The van der Waals surface area contributed by atoms with E-state index < -0.39 is 0 Å². The number of nitrogens with zero attached hydrogens (tertiary/aromatic N) is 5. The van der Waals surface area contributed by atoms with Gasteiger partial charge in [0.15, 0.2) is 0 Å². The molecule has 1 amide bonds. The number of nitrogens with one attached hydrogen (secondary N) is 1. The SMILES string of the molecule is O=C(C1CC1)N1CCC(N2CCC(Nc3nccc(N4CCCCCC4)n3)C2)CC1. The molecule has 0 bridgehead atoms. The molecule has 7 heteroatoms. The Morgan fingerprint density at radius 2 is 1.70 bits per heavy atom. The maximum atomic E-state index is 12.3. The summed E-state index contributed by atoms with van der Waals surface area (Å²) in [7, 11) is 0. The highest BCUT2D eigenvalue weighted by molar-refractivity contribution is 5.81. The molecule has 1 aromatic heterocycles. The van der Waals surface area contributed by atoms with Gasteiger partial charge in [-0.05, 0) is 51.0 Å². The number of carbonyl (C=O) groups is 1. The first-order valence-electron chi connectivity index (χ1n) is 12.1. The van der Waals surface area contributed by atoms with Crippen LogP contribution in [0.2, 0.25) is 0 Å². The molecular weight excluding hydrogens is 376 g/mol. The maximum absolute atomic E-state index is 12.3. The predicted octanol–water partition coefficient (Wildman–Crippen LogP) is 2.74. The molecule has 1 unspecified atom stereocenters. The molecule has 0 radical (unpaired) electrons. The van der Waals surface area contributed by atoms with Gasteiger partial charge in [-0.1, -0.05) is 12.8 Å². The van der Waals surface area contributed by atoms with Crippen molar-refractivity contribution >= 4 is 17.7 Å². The Hall–Kier alpha value is -1.89. The smallest absolute Gasteiger partial charge is 0.225 e. The quantitative estimate of drug-likeness (QED) is 0.802. The summed E-state index contributed by atoms with van der Waals surface area (Å²) < 4.78 is 0. The van der Waals surface area contributed by atoms with Gasteiger partial charge in [0.2, 0.25) is 11.9 Å².